The molecule has 0 fully saturated rings. The molecule has 1 aromatic heterocycles. The summed E-state index contributed by atoms with van der Waals surface area (Å²) in [6, 6.07) is 8.34. The van der Waals surface area contributed by atoms with Gasteiger partial charge in [-0.1, -0.05) is 37.6 Å². The van der Waals surface area contributed by atoms with E-state index in [9.17, 15) is 0 Å². The van der Waals surface area contributed by atoms with E-state index in [4.69, 9.17) is 11.6 Å². The second-order valence-electron chi connectivity index (χ2n) is 4.43. The van der Waals surface area contributed by atoms with E-state index in [2.05, 4.69) is 46.5 Å². The van der Waals surface area contributed by atoms with E-state index in [1.807, 2.05) is 13.8 Å². The van der Waals surface area contributed by atoms with Crippen LogP contribution >= 0.6 is 11.6 Å². The normalized spacial score (nSPS) is 10.5. The Morgan fingerprint density at radius 2 is 1.74 bits per heavy atom. The monoisotopic (exact) mass is 275 g/mol. The second-order valence-corrected chi connectivity index (χ2v) is 4.79. The minimum absolute atomic E-state index is 0.513. The SMILES string of the molecule is CCc1ccc(Nc2nc(CC)nc(Cl)c2C)cc1. The van der Waals surface area contributed by atoms with Gasteiger partial charge in [0.05, 0.1) is 0 Å². The Morgan fingerprint density at radius 3 is 2.32 bits per heavy atom. The van der Waals surface area contributed by atoms with Crippen molar-refractivity contribution >= 4 is 23.1 Å². The molecule has 0 bridgehead atoms. The number of hydrogen-bond acceptors (Lipinski definition) is 3. The highest BCUT2D eigenvalue weighted by atomic mass is 35.5. The van der Waals surface area contributed by atoms with Gasteiger partial charge in [-0.3, -0.25) is 0 Å². The molecule has 2 rings (SSSR count). The van der Waals surface area contributed by atoms with Crippen LogP contribution in [0.3, 0.4) is 0 Å². The minimum Gasteiger partial charge on any atom is -0.340 e. The molecule has 0 saturated heterocycles. The molecule has 0 spiro atoms. The van der Waals surface area contributed by atoms with Crippen molar-refractivity contribution in [3.63, 3.8) is 0 Å². The van der Waals surface area contributed by atoms with Crippen molar-refractivity contribution in [1.82, 2.24) is 9.97 Å². The van der Waals surface area contributed by atoms with Gasteiger partial charge >= 0.3 is 0 Å². The van der Waals surface area contributed by atoms with Crippen molar-refractivity contribution in [3.05, 3.63) is 46.4 Å². The van der Waals surface area contributed by atoms with Gasteiger partial charge in [0.25, 0.3) is 0 Å². The zero-order valence-electron chi connectivity index (χ0n) is 11.5. The standard InChI is InChI=1S/C15H18ClN3/c1-4-11-6-8-12(9-7-11)17-15-10(3)14(16)18-13(5-2)19-15/h6-9H,4-5H2,1-3H3,(H,17,18,19). The quantitative estimate of drug-likeness (QED) is 0.845. The fourth-order valence-corrected chi connectivity index (χ4v) is 1.96. The van der Waals surface area contributed by atoms with E-state index in [1.165, 1.54) is 5.56 Å². The maximum Gasteiger partial charge on any atom is 0.138 e. The number of aryl methyl sites for hydroxylation is 2. The van der Waals surface area contributed by atoms with Crippen LogP contribution in [0.25, 0.3) is 0 Å². The molecule has 0 aliphatic carbocycles. The summed E-state index contributed by atoms with van der Waals surface area (Å²) in [5.74, 6) is 1.53. The summed E-state index contributed by atoms with van der Waals surface area (Å²) in [4.78, 5) is 8.72. The number of rotatable bonds is 4. The highest BCUT2D eigenvalue weighted by Gasteiger charge is 2.08. The number of halogens is 1. The molecular formula is C15H18ClN3. The van der Waals surface area contributed by atoms with Gasteiger partial charge in [-0.05, 0) is 31.0 Å². The molecule has 1 aromatic carbocycles. The number of nitrogens with one attached hydrogen (secondary N) is 1. The van der Waals surface area contributed by atoms with Crippen LogP contribution in [0.5, 0.6) is 0 Å². The van der Waals surface area contributed by atoms with Crippen molar-refractivity contribution in [2.45, 2.75) is 33.6 Å². The molecule has 0 amide bonds. The molecule has 0 unspecified atom stereocenters. The molecule has 0 saturated carbocycles. The molecule has 0 radical (unpaired) electrons. The number of benzene rings is 1. The van der Waals surface area contributed by atoms with E-state index < -0.39 is 0 Å². The van der Waals surface area contributed by atoms with Crippen LogP contribution < -0.4 is 5.32 Å². The van der Waals surface area contributed by atoms with E-state index in [1.54, 1.807) is 0 Å². The Bertz CT molecular complexity index is 564. The summed E-state index contributed by atoms with van der Waals surface area (Å²) < 4.78 is 0. The predicted molar refractivity (Wildman–Crippen MR) is 80.3 cm³/mol. The average molecular weight is 276 g/mol. The third-order valence-electron chi connectivity index (χ3n) is 3.07. The molecule has 0 aliphatic rings. The lowest BCUT2D eigenvalue weighted by Crippen LogP contribution is -2.03. The lowest BCUT2D eigenvalue weighted by Gasteiger charge is -2.11. The Balaban J connectivity index is 2.28. The van der Waals surface area contributed by atoms with Crippen molar-refractivity contribution in [1.29, 1.82) is 0 Å². The zero-order valence-corrected chi connectivity index (χ0v) is 12.3. The smallest absolute Gasteiger partial charge is 0.138 e. The van der Waals surface area contributed by atoms with Crippen LogP contribution in [0.1, 0.15) is 30.8 Å². The highest BCUT2D eigenvalue weighted by Crippen LogP contribution is 2.23. The molecule has 2 aromatic rings. The van der Waals surface area contributed by atoms with Crippen molar-refractivity contribution in [2.24, 2.45) is 0 Å². The van der Waals surface area contributed by atoms with Gasteiger partial charge in [-0.2, -0.15) is 0 Å². The van der Waals surface area contributed by atoms with Crippen LogP contribution in [-0.4, -0.2) is 9.97 Å². The predicted octanol–water partition coefficient (Wildman–Crippen LogP) is 4.31. The van der Waals surface area contributed by atoms with Gasteiger partial charge in [0, 0.05) is 17.7 Å². The first-order chi connectivity index (χ1) is 9.13. The fourth-order valence-electron chi connectivity index (χ4n) is 1.77. The Kier molecular flexibility index (Phi) is 4.38. The Labute approximate surface area is 119 Å². The van der Waals surface area contributed by atoms with E-state index in [-0.39, 0.29) is 0 Å². The fraction of sp³-hybridized carbons (Fsp3) is 0.333. The largest absolute Gasteiger partial charge is 0.340 e. The van der Waals surface area contributed by atoms with Gasteiger partial charge < -0.3 is 5.32 Å². The first-order valence-corrected chi connectivity index (χ1v) is 6.90. The van der Waals surface area contributed by atoms with Gasteiger partial charge in [-0.15, -0.1) is 0 Å². The molecule has 19 heavy (non-hydrogen) atoms. The number of anilines is 2. The van der Waals surface area contributed by atoms with Crippen LogP contribution in [0.4, 0.5) is 11.5 Å². The third-order valence-corrected chi connectivity index (χ3v) is 3.44. The molecule has 100 valence electrons. The Morgan fingerprint density at radius 1 is 1.05 bits per heavy atom. The van der Waals surface area contributed by atoms with Crippen molar-refractivity contribution in [2.75, 3.05) is 5.32 Å². The van der Waals surface area contributed by atoms with Crippen LogP contribution in [-0.2, 0) is 12.8 Å². The number of nitrogens with zero attached hydrogens (tertiary/aromatic N) is 2. The van der Waals surface area contributed by atoms with E-state index in [0.29, 0.717) is 5.15 Å². The molecule has 0 atom stereocenters. The first kappa shape index (κ1) is 13.8. The van der Waals surface area contributed by atoms with Gasteiger partial charge in [0.15, 0.2) is 0 Å². The molecule has 1 N–H and O–H groups in total. The summed E-state index contributed by atoms with van der Waals surface area (Å²) in [7, 11) is 0. The lowest BCUT2D eigenvalue weighted by molar-refractivity contribution is 0.934. The zero-order chi connectivity index (χ0) is 13.8. The summed E-state index contributed by atoms with van der Waals surface area (Å²) in [6.07, 6.45) is 1.81. The number of hydrogen-bond donors (Lipinski definition) is 1. The summed E-state index contributed by atoms with van der Waals surface area (Å²) in [5, 5.41) is 3.82. The molecule has 3 nitrogen and oxygen atoms in total. The van der Waals surface area contributed by atoms with Crippen molar-refractivity contribution < 1.29 is 0 Å². The van der Waals surface area contributed by atoms with E-state index >= 15 is 0 Å². The van der Waals surface area contributed by atoms with E-state index in [0.717, 1.165) is 35.7 Å². The van der Waals surface area contributed by atoms with Gasteiger partial charge in [-0.25, -0.2) is 9.97 Å². The third kappa shape index (κ3) is 3.24. The second kappa shape index (κ2) is 6.02. The summed E-state index contributed by atoms with van der Waals surface area (Å²) in [6.45, 7) is 6.08. The van der Waals surface area contributed by atoms with Crippen LogP contribution in [0.15, 0.2) is 24.3 Å². The van der Waals surface area contributed by atoms with Gasteiger partial charge in [0.2, 0.25) is 0 Å². The van der Waals surface area contributed by atoms with Crippen LogP contribution in [0.2, 0.25) is 5.15 Å². The molecule has 1 heterocycles. The number of aromatic nitrogens is 2. The molecular weight excluding hydrogens is 258 g/mol. The molecule has 0 aliphatic heterocycles. The first-order valence-electron chi connectivity index (χ1n) is 6.53. The Hall–Kier alpha value is -1.61. The maximum absolute atomic E-state index is 6.12. The minimum atomic E-state index is 0.513. The maximum atomic E-state index is 6.12. The topological polar surface area (TPSA) is 37.8 Å². The highest BCUT2D eigenvalue weighted by molar-refractivity contribution is 6.30. The van der Waals surface area contributed by atoms with Crippen molar-refractivity contribution in [3.8, 4) is 0 Å². The van der Waals surface area contributed by atoms with Gasteiger partial charge in [0.1, 0.15) is 16.8 Å². The summed E-state index contributed by atoms with van der Waals surface area (Å²) >= 11 is 6.12. The average Bonchev–Trinajstić information content (AvgIpc) is 2.44. The lowest BCUT2D eigenvalue weighted by atomic mass is 10.1. The summed E-state index contributed by atoms with van der Waals surface area (Å²) in [5.41, 5.74) is 3.20. The molecule has 4 heteroatoms. The van der Waals surface area contributed by atoms with Crippen LogP contribution in [0, 0.1) is 6.92 Å².